The Bertz CT molecular complexity index is 275. The van der Waals surface area contributed by atoms with E-state index < -0.39 is 23.8 Å². The first-order chi connectivity index (χ1) is 7.10. The lowest BCUT2D eigenvalue weighted by Crippen LogP contribution is -2.34. The van der Waals surface area contributed by atoms with Crippen molar-refractivity contribution in [1.82, 2.24) is 0 Å². The van der Waals surface area contributed by atoms with E-state index in [-0.39, 0.29) is 12.6 Å². The first kappa shape index (κ1) is 13.1. The Morgan fingerprint density at radius 2 is 1.27 bits per heavy atom. The molecule has 0 aromatic carbocycles. The summed E-state index contributed by atoms with van der Waals surface area (Å²) in [5.74, 6) is -1.43. The number of carbonyl (C=O) groups excluding carboxylic acids is 4. The summed E-state index contributed by atoms with van der Waals surface area (Å²) in [6.07, 6.45) is -0.838. The van der Waals surface area contributed by atoms with Crippen molar-refractivity contribution in [3.05, 3.63) is 25.3 Å². The Balaban J connectivity index is 4.63. The zero-order chi connectivity index (χ0) is 11.8. The molecule has 0 spiro atoms. The number of hydrogen-bond acceptors (Lipinski definition) is 5. The molecule has 0 aromatic heterocycles. The van der Waals surface area contributed by atoms with Crippen molar-refractivity contribution >= 4 is 24.1 Å². The average molecular weight is 210 g/mol. The number of aldehydes is 2. The summed E-state index contributed by atoms with van der Waals surface area (Å²) in [5.41, 5.74) is 0. The Morgan fingerprint density at radius 3 is 1.47 bits per heavy atom. The van der Waals surface area contributed by atoms with Gasteiger partial charge in [0.25, 0.3) is 0 Å². The van der Waals surface area contributed by atoms with Gasteiger partial charge in [-0.1, -0.05) is 13.2 Å². The van der Waals surface area contributed by atoms with Gasteiger partial charge in [-0.2, -0.15) is 0 Å². The maximum absolute atomic E-state index is 11.0. The van der Waals surface area contributed by atoms with Crippen LogP contribution in [-0.2, 0) is 23.9 Å². The molecule has 0 saturated heterocycles. The predicted octanol–water partition coefficient (Wildman–Crippen LogP) is -0.352. The number of ketones is 2. The van der Waals surface area contributed by atoms with Crippen LogP contribution >= 0.6 is 0 Å². The Morgan fingerprint density at radius 1 is 0.933 bits per heavy atom. The van der Waals surface area contributed by atoms with Gasteiger partial charge in [0, 0.05) is 0 Å². The second-order valence-corrected chi connectivity index (χ2v) is 2.46. The van der Waals surface area contributed by atoms with E-state index in [4.69, 9.17) is 0 Å². The summed E-state index contributed by atoms with van der Waals surface area (Å²) in [5, 5.41) is 0. The maximum atomic E-state index is 11.0. The lowest BCUT2D eigenvalue weighted by atomic mass is 10.2. The SMILES string of the molecule is C=CC(=O)C(C=O)OC(C=O)C(=O)C=C. The van der Waals surface area contributed by atoms with Gasteiger partial charge in [0.15, 0.2) is 36.3 Å². The van der Waals surface area contributed by atoms with Gasteiger partial charge in [-0.15, -0.1) is 0 Å². The van der Waals surface area contributed by atoms with E-state index in [1.807, 2.05) is 0 Å². The monoisotopic (exact) mass is 210 g/mol. The molecule has 0 amide bonds. The summed E-state index contributed by atoms with van der Waals surface area (Å²) >= 11 is 0. The van der Waals surface area contributed by atoms with Gasteiger partial charge >= 0.3 is 0 Å². The summed E-state index contributed by atoms with van der Waals surface area (Å²) in [4.78, 5) is 42.8. The molecule has 15 heavy (non-hydrogen) atoms. The Labute approximate surface area is 86.4 Å². The predicted molar refractivity (Wildman–Crippen MR) is 51.2 cm³/mol. The van der Waals surface area contributed by atoms with Gasteiger partial charge < -0.3 is 4.74 Å². The van der Waals surface area contributed by atoms with Gasteiger partial charge in [0.1, 0.15) is 0 Å². The van der Waals surface area contributed by atoms with Gasteiger partial charge in [-0.3, -0.25) is 19.2 Å². The third-order valence-electron chi connectivity index (χ3n) is 1.50. The minimum Gasteiger partial charge on any atom is -0.344 e. The minimum absolute atomic E-state index is 0.191. The van der Waals surface area contributed by atoms with Crippen molar-refractivity contribution in [2.75, 3.05) is 0 Å². The summed E-state index contributed by atoms with van der Waals surface area (Å²) in [6.45, 7) is 6.29. The molecule has 2 atom stereocenters. The molecule has 0 rings (SSSR count). The van der Waals surface area contributed by atoms with Crippen LogP contribution in [0.1, 0.15) is 0 Å². The number of ether oxygens (including phenoxy) is 1. The molecule has 0 aliphatic heterocycles. The van der Waals surface area contributed by atoms with E-state index >= 15 is 0 Å². The van der Waals surface area contributed by atoms with Crippen molar-refractivity contribution in [3.8, 4) is 0 Å². The first-order valence-corrected chi connectivity index (χ1v) is 3.99. The summed E-state index contributed by atoms with van der Waals surface area (Å²) < 4.78 is 4.68. The standard InChI is InChI=1S/C10H10O5/c1-3-7(13)9(5-11)15-10(6-12)8(14)4-2/h3-6,9-10H,1-2H2. The highest BCUT2D eigenvalue weighted by Crippen LogP contribution is 1.99. The molecule has 0 aliphatic rings. The van der Waals surface area contributed by atoms with E-state index in [0.29, 0.717) is 0 Å². The molecule has 2 unspecified atom stereocenters. The highest BCUT2D eigenvalue weighted by molar-refractivity contribution is 6.06. The normalized spacial score (nSPS) is 13.3. The van der Waals surface area contributed by atoms with Crippen LogP contribution < -0.4 is 0 Å². The maximum Gasteiger partial charge on any atom is 0.191 e. The zero-order valence-corrected chi connectivity index (χ0v) is 7.92. The third-order valence-corrected chi connectivity index (χ3v) is 1.50. The van der Waals surface area contributed by atoms with Crippen molar-refractivity contribution < 1.29 is 23.9 Å². The Hall–Kier alpha value is -1.88. The smallest absolute Gasteiger partial charge is 0.191 e. The van der Waals surface area contributed by atoms with Crippen LogP contribution in [-0.4, -0.2) is 36.3 Å². The second kappa shape index (κ2) is 6.56. The Kier molecular flexibility index (Phi) is 5.73. The fraction of sp³-hybridized carbons (Fsp3) is 0.200. The fourth-order valence-electron chi connectivity index (χ4n) is 0.723. The van der Waals surface area contributed by atoms with Crippen LogP contribution in [0.3, 0.4) is 0 Å². The third kappa shape index (κ3) is 3.78. The fourth-order valence-corrected chi connectivity index (χ4v) is 0.723. The quantitative estimate of drug-likeness (QED) is 0.311. The highest BCUT2D eigenvalue weighted by atomic mass is 16.5. The molecule has 0 heterocycles. The van der Waals surface area contributed by atoms with Crippen molar-refractivity contribution in [1.29, 1.82) is 0 Å². The van der Waals surface area contributed by atoms with Crippen LogP contribution in [0.4, 0.5) is 0 Å². The topological polar surface area (TPSA) is 77.5 Å². The molecule has 0 N–H and O–H groups in total. The van der Waals surface area contributed by atoms with Gasteiger partial charge in [-0.25, -0.2) is 0 Å². The lowest BCUT2D eigenvalue weighted by molar-refractivity contribution is -0.145. The second-order valence-electron chi connectivity index (χ2n) is 2.46. The number of hydrogen-bond donors (Lipinski definition) is 0. The molecule has 0 aliphatic carbocycles. The number of carbonyl (C=O) groups is 4. The van der Waals surface area contributed by atoms with Crippen LogP contribution in [0.15, 0.2) is 25.3 Å². The lowest BCUT2D eigenvalue weighted by Gasteiger charge is -2.12. The molecular weight excluding hydrogens is 200 g/mol. The van der Waals surface area contributed by atoms with Crippen molar-refractivity contribution in [3.63, 3.8) is 0 Å². The van der Waals surface area contributed by atoms with Crippen LogP contribution in [0.25, 0.3) is 0 Å². The molecule has 0 aromatic rings. The van der Waals surface area contributed by atoms with Crippen LogP contribution in [0.2, 0.25) is 0 Å². The molecular formula is C10H10O5. The van der Waals surface area contributed by atoms with Gasteiger partial charge in [-0.05, 0) is 12.2 Å². The van der Waals surface area contributed by atoms with E-state index in [9.17, 15) is 19.2 Å². The largest absolute Gasteiger partial charge is 0.344 e. The van der Waals surface area contributed by atoms with Crippen molar-refractivity contribution in [2.45, 2.75) is 12.2 Å². The van der Waals surface area contributed by atoms with E-state index in [1.54, 1.807) is 0 Å². The first-order valence-electron chi connectivity index (χ1n) is 3.99. The van der Waals surface area contributed by atoms with Crippen LogP contribution in [0.5, 0.6) is 0 Å². The minimum atomic E-state index is -1.48. The molecule has 0 fully saturated rings. The van der Waals surface area contributed by atoms with Crippen LogP contribution in [0, 0.1) is 0 Å². The zero-order valence-electron chi connectivity index (χ0n) is 7.92. The van der Waals surface area contributed by atoms with E-state index in [0.717, 1.165) is 12.2 Å². The molecule has 80 valence electrons. The van der Waals surface area contributed by atoms with E-state index in [1.165, 1.54) is 0 Å². The molecule has 0 radical (unpaired) electrons. The molecule has 5 heteroatoms. The van der Waals surface area contributed by atoms with Gasteiger partial charge in [0.05, 0.1) is 0 Å². The summed E-state index contributed by atoms with van der Waals surface area (Å²) in [7, 11) is 0. The van der Waals surface area contributed by atoms with Gasteiger partial charge in [0.2, 0.25) is 0 Å². The molecule has 5 nitrogen and oxygen atoms in total. The highest BCUT2D eigenvalue weighted by Gasteiger charge is 2.24. The molecule has 0 saturated carbocycles. The summed E-state index contributed by atoms with van der Waals surface area (Å²) in [6, 6.07) is 0. The van der Waals surface area contributed by atoms with E-state index in [2.05, 4.69) is 17.9 Å². The molecule has 0 bridgehead atoms. The number of rotatable bonds is 8. The average Bonchev–Trinajstić information content (AvgIpc) is 2.28. The van der Waals surface area contributed by atoms with Crippen molar-refractivity contribution in [2.24, 2.45) is 0 Å².